The van der Waals surface area contributed by atoms with Crippen LogP contribution in [0, 0.1) is 5.92 Å². The van der Waals surface area contributed by atoms with Gasteiger partial charge in [0.25, 0.3) is 0 Å². The van der Waals surface area contributed by atoms with E-state index in [2.05, 4.69) is 22.5 Å². The van der Waals surface area contributed by atoms with E-state index in [1.807, 2.05) is 42.5 Å². The summed E-state index contributed by atoms with van der Waals surface area (Å²) in [6, 6.07) is 14.8. The molecule has 4 atom stereocenters. The van der Waals surface area contributed by atoms with E-state index in [0.717, 1.165) is 36.3 Å². The van der Waals surface area contributed by atoms with Crippen molar-refractivity contribution in [2.75, 3.05) is 38.1 Å². The van der Waals surface area contributed by atoms with Crippen LogP contribution < -0.4 is 10.6 Å². The third-order valence-corrected chi connectivity index (χ3v) is 7.63. The van der Waals surface area contributed by atoms with Crippen LogP contribution in [0.1, 0.15) is 75.0 Å². The number of amides is 2. The Balaban J connectivity index is 1.51. The fraction of sp³-hybridized carbons (Fsp3) is 0.548. The molecule has 9 heteroatoms. The largest absolute Gasteiger partial charge is 0.465 e. The first-order valence-corrected chi connectivity index (χ1v) is 14.5. The van der Waals surface area contributed by atoms with Crippen LogP contribution >= 0.6 is 0 Å². The average Bonchev–Trinajstić information content (AvgIpc) is 2.94. The molecule has 2 heterocycles. The van der Waals surface area contributed by atoms with E-state index in [-0.39, 0.29) is 37.9 Å². The number of nitrogens with one attached hydrogen (secondary N) is 2. The SMILES string of the molecule is CCOC(=O)CNC(=O)Nc1cccc([C@H]2O[C@@H](CN3CCCCCCC3)[C@@H](C)[C@@H](c3ccc(CO)cc3)O2)c1. The number of urea groups is 1. The van der Waals surface area contributed by atoms with Gasteiger partial charge in [0.1, 0.15) is 6.54 Å². The summed E-state index contributed by atoms with van der Waals surface area (Å²) in [5, 5.41) is 14.8. The second kappa shape index (κ2) is 15.1. The molecule has 4 rings (SSSR count). The molecule has 3 N–H and O–H groups in total. The lowest BCUT2D eigenvalue weighted by Crippen LogP contribution is -2.45. The van der Waals surface area contributed by atoms with E-state index in [1.165, 1.54) is 32.1 Å². The summed E-state index contributed by atoms with van der Waals surface area (Å²) < 4.78 is 18.1. The fourth-order valence-corrected chi connectivity index (χ4v) is 5.38. The quantitative estimate of drug-likeness (QED) is 0.378. The molecule has 0 unspecified atom stereocenters. The van der Waals surface area contributed by atoms with Crippen LogP contribution in [0.25, 0.3) is 0 Å². The molecular formula is C31H43N3O6. The molecule has 2 saturated heterocycles. The number of anilines is 1. The van der Waals surface area contributed by atoms with Gasteiger partial charge in [-0.05, 0) is 56.1 Å². The number of benzene rings is 2. The van der Waals surface area contributed by atoms with E-state index in [0.29, 0.717) is 5.69 Å². The molecule has 40 heavy (non-hydrogen) atoms. The number of esters is 1. The van der Waals surface area contributed by atoms with Crippen molar-refractivity contribution < 1.29 is 28.9 Å². The molecule has 0 aliphatic carbocycles. The molecule has 2 amide bonds. The standard InChI is InChI=1S/C31H43N3O6/c1-3-38-28(36)19-32-31(37)33-26-11-9-10-25(18-26)30-39-27(20-34-16-7-5-4-6-8-17-34)22(2)29(40-30)24-14-12-23(21-35)13-15-24/h9-15,18,22,27,29-30,35H,3-8,16-17,19-21H2,1-2H3,(H2,32,33,37)/t22-,27+,29+,30+/m1/s1. The minimum atomic E-state index is -0.622. The normalized spacial score (nSPS) is 24.0. The van der Waals surface area contributed by atoms with Crippen LogP contribution in [0.4, 0.5) is 10.5 Å². The summed E-state index contributed by atoms with van der Waals surface area (Å²) in [7, 11) is 0. The first-order valence-electron chi connectivity index (χ1n) is 14.5. The number of hydrogen-bond donors (Lipinski definition) is 3. The second-order valence-corrected chi connectivity index (χ2v) is 10.6. The zero-order valence-corrected chi connectivity index (χ0v) is 23.6. The molecular weight excluding hydrogens is 510 g/mol. The maximum absolute atomic E-state index is 12.4. The van der Waals surface area contributed by atoms with Crippen LogP contribution in [-0.4, -0.2) is 60.9 Å². The van der Waals surface area contributed by atoms with Gasteiger partial charge in [0.15, 0.2) is 6.29 Å². The van der Waals surface area contributed by atoms with Crippen molar-refractivity contribution in [1.82, 2.24) is 10.2 Å². The first-order chi connectivity index (χ1) is 19.5. The van der Waals surface area contributed by atoms with Gasteiger partial charge in [-0.1, -0.05) is 62.6 Å². The molecule has 0 aromatic heterocycles. The van der Waals surface area contributed by atoms with Gasteiger partial charge in [-0.3, -0.25) is 4.79 Å². The zero-order valence-electron chi connectivity index (χ0n) is 23.6. The predicted molar refractivity (Wildman–Crippen MR) is 153 cm³/mol. The lowest BCUT2D eigenvalue weighted by atomic mass is 9.89. The van der Waals surface area contributed by atoms with Crippen LogP contribution in [0.3, 0.4) is 0 Å². The number of aliphatic hydroxyl groups excluding tert-OH is 1. The van der Waals surface area contributed by atoms with Crippen molar-refractivity contribution in [1.29, 1.82) is 0 Å². The monoisotopic (exact) mass is 553 g/mol. The third-order valence-electron chi connectivity index (χ3n) is 7.63. The van der Waals surface area contributed by atoms with Crippen molar-refractivity contribution in [2.24, 2.45) is 5.92 Å². The number of aliphatic hydroxyl groups is 1. The van der Waals surface area contributed by atoms with Gasteiger partial charge in [-0.15, -0.1) is 0 Å². The van der Waals surface area contributed by atoms with Crippen LogP contribution in [0.2, 0.25) is 0 Å². The summed E-state index contributed by atoms with van der Waals surface area (Å²) in [5.41, 5.74) is 3.26. The van der Waals surface area contributed by atoms with Crippen LogP contribution in [0.5, 0.6) is 0 Å². The Morgan fingerprint density at radius 1 is 1.00 bits per heavy atom. The number of likely N-dealkylation sites (tertiary alicyclic amines) is 1. The van der Waals surface area contributed by atoms with Crippen LogP contribution in [-0.2, 0) is 25.6 Å². The Morgan fingerprint density at radius 3 is 2.42 bits per heavy atom. The van der Waals surface area contributed by atoms with E-state index in [9.17, 15) is 14.7 Å². The van der Waals surface area contributed by atoms with E-state index >= 15 is 0 Å². The Labute approximate surface area is 237 Å². The highest BCUT2D eigenvalue weighted by Gasteiger charge is 2.39. The molecule has 0 spiro atoms. The molecule has 2 aromatic carbocycles. The Morgan fingerprint density at radius 2 is 1.73 bits per heavy atom. The predicted octanol–water partition coefficient (Wildman–Crippen LogP) is 4.92. The molecule has 0 saturated carbocycles. The minimum absolute atomic E-state index is 0.00215. The molecule has 218 valence electrons. The lowest BCUT2D eigenvalue weighted by Gasteiger charge is -2.43. The van der Waals surface area contributed by atoms with Gasteiger partial charge in [-0.2, -0.15) is 0 Å². The molecule has 0 bridgehead atoms. The number of rotatable bonds is 9. The van der Waals surface area contributed by atoms with E-state index in [1.54, 1.807) is 13.0 Å². The lowest BCUT2D eigenvalue weighted by molar-refractivity contribution is -0.276. The summed E-state index contributed by atoms with van der Waals surface area (Å²) in [4.78, 5) is 26.4. The van der Waals surface area contributed by atoms with Gasteiger partial charge >= 0.3 is 12.0 Å². The zero-order chi connectivity index (χ0) is 28.3. The molecule has 2 fully saturated rings. The average molecular weight is 554 g/mol. The smallest absolute Gasteiger partial charge is 0.325 e. The highest BCUT2D eigenvalue weighted by atomic mass is 16.7. The Hall–Kier alpha value is -2.98. The maximum Gasteiger partial charge on any atom is 0.325 e. The number of carbonyl (C=O) groups is 2. The number of carbonyl (C=O) groups excluding carboxylic acids is 2. The van der Waals surface area contributed by atoms with Gasteiger partial charge in [0, 0.05) is 23.7 Å². The topological polar surface area (TPSA) is 109 Å². The highest BCUT2D eigenvalue weighted by molar-refractivity contribution is 5.91. The van der Waals surface area contributed by atoms with Crippen LogP contribution in [0.15, 0.2) is 48.5 Å². The number of nitrogens with zero attached hydrogens (tertiary/aromatic N) is 1. The summed E-state index contributed by atoms with van der Waals surface area (Å²) in [5.74, 6) is -0.384. The number of hydrogen-bond acceptors (Lipinski definition) is 7. The van der Waals surface area contributed by atoms with E-state index in [4.69, 9.17) is 14.2 Å². The van der Waals surface area contributed by atoms with Gasteiger partial charge in [0.2, 0.25) is 0 Å². The van der Waals surface area contributed by atoms with E-state index < -0.39 is 18.3 Å². The van der Waals surface area contributed by atoms with Crippen molar-refractivity contribution in [3.8, 4) is 0 Å². The number of ether oxygens (including phenoxy) is 3. The van der Waals surface area contributed by atoms with Gasteiger partial charge in [0.05, 0.1) is 25.4 Å². The molecule has 2 aromatic rings. The minimum Gasteiger partial charge on any atom is -0.465 e. The van der Waals surface area contributed by atoms with Gasteiger partial charge < -0.3 is 34.9 Å². The van der Waals surface area contributed by atoms with Gasteiger partial charge in [-0.25, -0.2) is 4.79 Å². The Kier molecular flexibility index (Phi) is 11.3. The molecule has 9 nitrogen and oxygen atoms in total. The highest BCUT2D eigenvalue weighted by Crippen LogP contribution is 2.42. The Bertz CT molecular complexity index is 1090. The molecule has 2 aliphatic heterocycles. The summed E-state index contributed by atoms with van der Waals surface area (Å²) >= 11 is 0. The molecule has 2 aliphatic rings. The summed E-state index contributed by atoms with van der Waals surface area (Å²) in [6.45, 7) is 6.94. The fourth-order valence-electron chi connectivity index (χ4n) is 5.38. The maximum atomic E-state index is 12.4. The summed E-state index contributed by atoms with van der Waals surface area (Å²) in [6.07, 6.45) is 5.41. The first kappa shape index (κ1) is 30.0. The second-order valence-electron chi connectivity index (χ2n) is 10.6. The van der Waals surface area contributed by atoms with Crippen molar-refractivity contribution >= 4 is 17.7 Å². The molecule has 0 radical (unpaired) electrons. The van der Waals surface area contributed by atoms with Crippen molar-refractivity contribution in [3.05, 3.63) is 65.2 Å². The van der Waals surface area contributed by atoms with Crippen molar-refractivity contribution in [2.45, 2.75) is 71.1 Å². The third kappa shape index (κ3) is 8.51. The van der Waals surface area contributed by atoms with Crippen molar-refractivity contribution in [3.63, 3.8) is 0 Å².